The van der Waals surface area contributed by atoms with Gasteiger partial charge in [-0.3, -0.25) is 4.89 Å². The summed E-state index contributed by atoms with van der Waals surface area (Å²) in [7, 11) is 0. The summed E-state index contributed by atoms with van der Waals surface area (Å²) in [6.07, 6.45) is 12.2. The summed E-state index contributed by atoms with van der Waals surface area (Å²) in [4.78, 5) is 20.4. The van der Waals surface area contributed by atoms with Crippen LogP contribution in [0.2, 0.25) is 0 Å². The molecule has 122 valence electrons. The van der Waals surface area contributed by atoms with Crippen LogP contribution in [0, 0.1) is 0 Å². The highest BCUT2D eigenvalue weighted by atomic mass is 17.2. The molecule has 0 N–H and O–H groups in total. The van der Waals surface area contributed by atoms with Gasteiger partial charge in [0.15, 0.2) is 0 Å². The van der Waals surface area contributed by atoms with E-state index < -0.39 is 5.97 Å². The predicted molar refractivity (Wildman–Crippen MR) is 84.6 cm³/mol. The van der Waals surface area contributed by atoms with Crippen molar-refractivity contribution in [2.24, 2.45) is 0 Å². The molecule has 0 aliphatic carbocycles. The quantitative estimate of drug-likeness (QED) is 0.144. The van der Waals surface area contributed by atoms with Crippen LogP contribution in [-0.4, -0.2) is 19.2 Å². The molecule has 0 atom stereocenters. The van der Waals surface area contributed by atoms with Crippen molar-refractivity contribution in [3.63, 3.8) is 0 Å². The first-order chi connectivity index (χ1) is 10.2. The molecule has 0 aromatic heterocycles. The van der Waals surface area contributed by atoms with E-state index in [2.05, 4.69) is 18.0 Å². The van der Waals surface area contributed by atoms with Crippen LogP contribution >= 0.6 is 0 Å². The fraction of sp³-hybridized carbons (Fsp3) is 0.706. The van der Waals surface area contributed by atoms with E-state index in [1.54, 1.807) is 6.92 Å². The highest BCUT2D eigenvalue weighted by Gasteiger charge is 2.03. The lowest BCUT2D eigenvalue weighted by atomic mass is 10.1. The molecule has 0 radical (unpaired) electrons. The number of carbonyl (C=O) groups is 1. The van der Waals surface area contributed by atoms with Crippen LogP contribution < -0.4 is 0 Å². The van der Waals surface area contributed by atoms with E-state index in [0.29, 0.717) is 12.2 Å². The van der Waals surface area contributed by atoms with Crippen molar-refractivity contribution in [2.75, 3.05) is 13.2 Å². The van der Waals surface area contributed by atoms with Crippen LogP contribution in [0.1, 0.15) is 64.7 Å². The second kappa shape index (κ2) is 15.1. The molecule has 21 heavy (non-hydrogen) atoms. The van der Waals surface area contributed by atoms with E-state index in [0.717, 1.165) is 25.9 Å². The minimum atomic E-state index is -0.492. The molecule has 0 aromatic carbocycles. The van der Waals surface area contributed by atoms with Crippen molar-refractivity contribution in [1.29, 1.82) is 0 Å². The minimum Gasteiger partial charge on any atom is -0.502 e. The summed E-state index contributed by atoms with van der Waals surface area (Å²) in [5.41, 5.74) is 0.353. The van der Waals surface area contributed by atoms with Gasteiger partial charge in [0.1, 0.15) is 0 Å². The molecule has 4 heteroatoms. The Labute approximate surface area is 129 Å². The minimum absolute atomic E-state index is 0.353. The van der Waals surface area contributed by atoms with Gasteiger partial charge >= 0.3 is 5.97 Å². The topological polar surface area (TPSA) is 44.8 Å². The van der Waals surface area contributed by atoms with Crippen LogP contribution in [-0.2, 0) is 19.3 Å². The summed E-state index contributed by atoms with van der Waals surface area (Å²) < 4.78 is 5.07. The van der Waals surface area contributed by atoms with Gasteiger partial charge in [0, 0.05) is 5.57 Å². The van der Waals surface area contributed by atoms with Crippen molar-refractivity contribution in [3.05, 3.63) is 25.0 Å². The third kappa shape index (κ3) is 14.9. The first-order valence-electron chi connectivity index (χ1n) is 7.90. The summed E-state index contributed by atoms with van der Waals surface area (Å²) in [6, 6.07) is 0. The molecular formula is C17H30O4. The second-order valence-electron chi connectivity index (χ2n) is 5.19. The first-order valence-corrected chi connectivity index (χ1v) is 7.90. The van der Waals surface area contributed by atoms with Crippen LogP contribution in [0.5, 0.6) is 0 Å². The van der Waals surface area contributed by atoms with Crippen LogP contribution in [0.3, 0.4) is 0 Å². The Bertz CT molecular complexity index is 287. The molecule has 0 saturated heterocycles. The highest BCUT2D eigenvalue weighted by molar-refractivity contribution is 5.86. The van der Waals surface area contributed by atoms with Gasteiger partial charge in [0.2, 0.25) is 0 Å². The van der Waals surface area contributed by atoms with Gasteiger partial charge in [-0.15, -0.1) is 0 Å². The zero-order chi connectivity index (χ0) is 15.8. The number of rotatable bonds is 15. The summed E-state index contributed by atoms with van der Waals surface area (Å²) >= 11 is 0. The lowest BCUT2D eigenvalue weighted by Gasteiger charge is -2.04. The van der Waals surface area contributed by atoms with E-state index in [1.165, 1.54) is 44.8 Å². The highest BCUT2D eigenvalue weighted by Crippen LogP contribution is 2.10. The van der Waals surface area contributed by atoms with Gasteiger partial charge < -0.3 is 4.74 Å². The third-order valence-electron chi connectivity index (χ3n) is 3.09. The Balaban J connectivity index is 3.07. The predicted octanol–water partition coefficient (Wildman–Crippen LogP) is 4.71. The lowest BCUT2D eigenvalue weighted by molar-refractivity contribution is -0.268. The molecule has 0 heterocycles. The average Bonchev–Trinajstić information content (AvgIpc) is 2.47. The van der Waals surface area contributed by atoms with E-state index in [4.69, 9.17) is 9.62 Å². The smallest absolute Gasteiger partial charge is 0.368 e. The van der Waals surface area contributed by atoms with E-state index in [-0.39, 0.29) is 0 Å². The van der Waals surface area contributed by atoms with Gasteiger partial charge in [-0.05, 0) is 19.8 Å². The second-order valence-corrected chi connectivity index (χ2v) is 5.19. The largest absolute Gasteiger partial charge is 0.502 e. The molecule has 0 aromatic rings. The van der Waals surface area contributed by atoms with E-state index >= 15 is 0 Å². The van der Waals surface area contributed by atoms with Gasteiger partial charge in [0.05, 0.1) is 19.5 Å². The molecule has 0 bridgehead atoms. The number of hydrogen-bond acceptors (Lipinski definition) is 4. The van der Waals surface area contributed by atoms with Crippen molar-refractivity contribution >= 4 is 5.97 Å². The Morgan fingerprint density at radius 1 is 0.905 bits per heavy atom. The molecule has 0 aliphatic rings. The first kappa shape index (κ1) is 19.7. The molecule has 4 nitrogen and oxygen atoms in total. The van der Waals surface area contributed by atoms with Gasteiger partial charge in [0.25, 0.3) is 0 Å². The SMILES string of the molecule is C=COCCCCCCCCCCCOOC(=O)C(=C)C. The summed E-state index contributed by atoms with van der Waals surface area (Å²) in [5.74, 6) is -0.492. The maximum atomic E-state index is 11.0. The molecule has 0 amide bonds. The van der Waals surface area contributed by atoms with Gasteiger partial charge in [-0.2, -0.15) is 4.89 Å². The fourth-order valence-corrected chi connectivity index (χ4v) is 1.83. The zero-order valence-electron chi connectivity index (χ0n) is 13.4. The fourth-order valence-electron chi connectivity index (χ4n) is 1.83. The van der Waals surface area contributed by atoms with Crippen LogP contribution in [0.4, 0.5) is 0 Å². The number of hydrogen-bond donors (Lipinski definition) is 0. The average molecular weight is 298 g/mol. The Hall–Kier alpha value is -1.29. The molecule has 0 saturated carbocycles. The number of unbranched alkanes of at least 4 members (excludes halogenated alkanes) is 8. The lowest BCUT2D eigenvalue weighted by Crippen LogP contribution is -2.06. The van der Waals surface area contributed by atoms with Gasteiger partial charge in [-0.25, -0.2) is 4.79 Å². The molecule has 0 unspecified atom stereocenters. The molecular weight excluding hydrogens is 268 g/mol. The van der Waals surface area contributed by atoms with Gasteiger partial charge in [-0.1, -0.05) is 58.1 Å². The molecule has 0 aliphatic heterocycles. The van der Waals surface area contributed by atoms with E-state index in [1.807, 2.05) is 0 Å². The van der Waals surface area contributed by atoms with Crippen LogP contribution in [0.15, 0.2) is 25.0 Å². The number of ether oxygens (including phenoxy) is 1. The van der Waals surface area contributed by atoms with Crippen molar-refractivity contribution in [3.8, 4) is 0 Å². The number of carbonyl (C=O) groups excluding carboxylic acids is 1. The molecule has 0 fully saturated rings. The zero-order valence-corrected chi connectivity index (χ0v) is 13.4. The Morgan fingerprint density at radius 3 is 1.86 bits per heavy atom. The van der Waals surface area contributed by atoms with Crippen LogP contribution in [0.25, 0.3) is 0 Å². The normalized spacial score (nSPS) is 10.1. The summed E-state index contributed by atoms with van der Waals surface area (Å²) in [6.45, 7) is 9.83. The monoisotopic (exact) mass is 298 g/mol. The standard InChI is InChI=1S/C17H30O4/c1-4-19-14-12-10-8-6-5-7-9-11-13-15-20-21-17(18)16(2)3/h4H,1-2,5-15H2,3H3. The third-order valence-corrected chi connectivity index (χ3v) is 3.09. The molecule has 0 rings (SSSR count). The van der Waals surface area contributed by atoms with Crippen molar-refractivity contribution in [2.45, 2.75) is 64.7 Å². The Morgan fingerprint density at radius 2 is 1.38 bits per heavy atom. The maximum absolute atomic E-state index is 11.0. The van der Waals surface area contributed by atoms with Crippen molar-refractivity contribution in [1.82, 2.24) is 0 Å². The van der Waals surface area contributed by atoms with E-state index in [9.17, 15) is 4.79 Å². The molecule has 0 spiro atoms. The van der Waals surface area contributed by atoms with Crippen molar-refractivity contribution < 1.29 is 19.3 Å². The summed E-state index contributed by atoms with van der Waals surface area (Å²) in [5, 5.41) is 0. The maximum Gasteiger partial charge on any atom is 0.368 e. The Kier molecular flexibility index (Phi) is 14.2.